The van der Waals surface area contributed by atoms with Gasteiger partial charge in [0.25, 0.3) is 0 Å². The van der Waals surface area contributed by atoms with E-state index in [0.29, 0.717) is 12.8 Å². The summed E-state index contributed by atoms with van der Waals surface area (Å²) in [4.78, 5) is 24.5. The Bertz CT molecular complexity index is 260. The highest BCUT2D eigenvalue weighted by molar-refractivity contribution is 5.76. The Balaban J connectivity index is 2.21. The van der Waals surface area contributed by atoms with Crippen LogP contribution in [-0.4, -0.2) is 47.6 Å². The monoisotopic (exact) mass is 242 g/mol. The molecule has 0 aromatic carbocycles. The van der Waals surface area contributed by atoms with E-state index in [1.54, 1.807) is 0 Å². The first kappa shape index (κ1) is 14.0. The lowest BCUT2D eigenvalue weighted by molar-refractivity contribution is -0.132. The SMILES string of the molecule is CC(=O)NC1CCN(C(=O)CCCCO)CC1. The number of carbonyl (C=O) groups excluding carboxylic acids is 2. The van der Waals surface area contributed by atoms with Gasteiger partial charge in [-0.2, -0.15) is 0 Å². The topological polar surface area (TPSA) is 69.6 Å². The third kappa shape index (κ3) is 5.17. The van der Waals surface area contributed by atoms with Crippen LogP contribution in [-0.2, 0) is 9.59 Å². The number of unbranched alkanes of at least 4 members (excludes halogenated alkanes) is 1. The maximum atomic E-state index is 11.8. The molecule has 1 saturated heterocycles. The van der Waals surface area contributed by atoms with Crippen molar-refractivity contribution in [3.05, 3.63) is 0 Å². The average molecular weight is 242 g/mol. The molecule has 0 spiro atoms. The van der Waals surface area contributed by atoms with Crippen molar-refractivity contribution < 1.29 is 14.7 Å². The lowest BCUT2D eigenvalue weighted by Gasteiger charge is -2.32. The number of aliphatic hydroxyl groups is 1. The fourth-order valence-electron chi connectivity index (χ4n) is 2.11. The van der Waals surface area contributed by atoms with Crippen LogP contribution in [0, 0.1) is 0 Å². The van der Waals surface area contributed by atoms with Gasteiger partial charge in [0.1, 0.15) is 0 Å². The fraction of sp³-hybridized carbons (Fsp3) is 0.833. The summed E-state index contributed by atoms with van der Waals surface area (Å²) in [5.41, 5.74) is 0. The molecule has 5 heteroatoms. The van der Waals surface area contributed by atoms with Crippen molar-refractivity contribution >= 4 is 11.8 Å². The number of nitrogens with one attached hydrogen (secondary N) is 1. The Hall–Kier alpha value is -1.10. The van der Waals surface area contributed by atoms with Crippen LogP contribution in [0.25, 0.3) is 0 Å². The molecular weight excluding hydrogens is 220 g/mol. The van der Waals surface area contributed by atoms with E-state index >= 15 is 0 Å². The third-order valence-corrected chi connectivity index (χ3v) is 3.05. The highest BCUT2D eigenvalue weighted by Crippen LogP contribution is 2.12. The molecule has 0 atom stereocenters. The number of carbonyl (C=O) groups is 2. The highest BCUT2D eigenvalue weighted by Gasteiger charge is 2.22. The third-order valence-electron chi connectivity index (χ3n) is 3.05. The summed E-state index contributed by atoms with van der Waals surface area (Å²) >= 11 is 0. The van der Waals surface area contributed by atoms with E-state index < -0.39 is 0 Å². The Morgan fingerprint density at radius 2 is 1.94 bits per heavy atom. The van der Waals surface area contributed by atoms with Crippen molar-refractivity contribution in [1.82, 2.24) is 10.2 Å². The molecule has 0 bridgehead atoms. The van der Waals surface area contributed by atoms with Crippen LogP contribution >= 0.6 is 0 Å². The molecule has 1 aliphatic rings. The van der Waals surface area contributed by atoms with Gasteiger partial charge in [-0.25, -0.2) is 0 Å². The van der Waals surface area contributed by atoms with Gasteiger partial charge in [-0.1, -0.05) is 0 Å². The van der Waals surface area contributed by atoms with Crippen molar-refractivity contribution in [3.63, 3.8) is 0 Å². The second-order valence-corrected chi connectivity index (χ2v) is 4.54. The molecule has 2 amide bonds. The van der Waals surface area contributed by atoms with E-state index in [2.05, 4.69) is 5.32 Å². The molecule has 2 N–H and O–H groups in total. The Morgan fingerprint density at radius 3 is 2.47 bits per heavy atom. The van der Waals surface area contributed by atoms with Gasteiger partial charge in [0.05, 0.1) is 0 Å². The minimum absolute atomic E-state index is 0.00211. The molecule has 1 fully saturated rings. The van der Waals surface area contributed by atoms with Gasteiger partial charge in [0, 0.05) is 39.1 Å². The Labute approximate surface area is 102 Å². The lowest BCUT2D eigenvalue weighted by atomic mass is 10.0. The standard InChI is InChI=1S/C12H22N2O3/c1-10(16)13-11-5-7-14(8-6-11)12(17)4-2-3-9-15/h11,15H,2-9H2,1H3,(H,13,16). The molecule has 0 aliphatic carbocycles. The summed E-state index contributed by atoms with van der Waals surface area (Å²) in [6, 6.07) is 0.217. The van der Waals surface area contributed by atoms with Gasteiger partial charge in [0.2, 0.25) is 11.8 Å². The number of amides is 2. The lowest BCUT2D eigenvalue weighted by Crippen LogP contribution is -2.46. The number of hydrogen-bond donors (Lipinski definition) is 2. The normalized spacial score (nSPS) is 16.9. The molecule has 1 rings (SSSR count). The Morgan fingerprint density at radius 1 is 1.29 bits per heavy atom. The van der Waals surface area contributed by atoms with Gasteiger partial charge < -0.3 is 15.3 Å². The molecule has 0 radical (unpaired) electrons. The first-order valence-electron chi connectivity index (χ1n) is 6.29. The predicted octanol–water partition coefficient (Wildman–Crippen LogP) is 0.276. The molecule has 0 aromatic rings. The molecule has 0 unspecified atom stereocenters. The van der Waals surface area contributed by atoms with E-state index in [0.717, 1.165) is 32.4 Å². The molecule has 0 saturated carbocycles. The Kier molecular flexibility index (Phi) is 5.97. The van der Waals surface area contributed by atoms with Crippen LogP contribution in [0.2, 0.25) is 0 Å². The minimum Gasteiger partial charge on any atom is -0.396 e. The molecule has 17 heavy (non-hydrogen) atoms. The second kappa shape index (κ2) is 7.27. The largest absolute Gasteiger partial charge is 0.396 e. The van der Waals surface area contributed by atoms with Crippen LogP contribution in [0.15, 0.2) is 0 Å². The van der Waals surface area contributed by atoms with Crippen LogP contribution < -0.4 is 5.32 Å². The number of likely N-dealkylation sites (tertiary alicyclic amines) is 1. The number of rotatable bonds is 5. The highest BCUT2D eigenvalue weighted by atomic mass is 16.3. The summed E-state index contributed by atoms with van der Waals surface area (Å²) in [5.74, 6) is 0.164. The summed E-state index contributed by atoms with van der Waals surface area (Å²) < 4.78 is 0. The first-order chi connectivity index (χ1) is 8.13. The van der Waals surface area contributed by atoms with E-state index in [9.17, 15) is 9.59 Å². The number of hydrogen-bond acceptors (Lipinski definition) is 3. The summed E-state index contributed by atoms with van der Waals surface area (Å²) in [5, 5.41) is 11.5. The zero-order chi connectivity index (χ0) is 12.7. The van der Waals surface area contributed by atoms with Gasteiger partial charge in [-0.15, -0.1) is 0 Å². The van der Waals surface area contributed by atoms with Crippen molar-refractivity contribution in [1.29, 1.82) is 0 Å². The zero-order valence-corrected chi connectivity index (χ0v) is 10.4. The van der Waals surface area contributed by atoms with Gasteiger partial charge in [0.15, 0.2) is 0 Å². The van der Waals surface area contributed by atoms with E-state index in [1.807, 2.05) is 4.90 Å². The molecule has 5 nitrogen and oxygen atoms in total. The van der Waals surface area contributed by atoms with Crippen LogP contribution in [0.5, 0.6) is 0 Å². The summed E-state index contributed by atoms with van der Waals surface area (Å²) in [6.45, 7) is 3.12. The van der Waals surface area contributed by atoms with E-state index in [1.165, 1.54) is 6.92 Å². The summed E-state index contributed by atoms with van der Waals surface area (Å²) in [6.07, 6.45) is 3.64. The van der Waals surface area contributed by atoms with Crippen LogP contribution in [0.1, 0.15) is 39.0 Å². The number of piperidine rings is 1. The van der Waals surface area contributed by atoms with Crippen molar-refractivity contribution in [2.24, 2.45) is 0 Å². The van der Waals surface area contributed by atoms with Gasteiger partial charge in [-0.3, -0.25) is 9.59 Å². The molecule has 1 heterocycles. The second-order valence-electron chi connectivity index (χ2n) is 4.54. The molecule has 98 valence electrons. The summed E-state index contributed by atoms with van der Waals surface area (Å²) in [7, 11) is 0. The van der Waals surface area contributed by atoms with Crippen LogP contribution in [0.3, 0.4) is 0 Å². The predicted molar refractivity (Wildman–Crippen MR) is 64.4 cm³/mol. The van der Waals surface area contributed by atoms with E-state index in [4.69, 9.17) is 5.11 Å². The zero-order valence-electron chi connectivity index (χ0n) is 10.4. The van der Waals surface area contributed by atoms with Gasteiger partial charge in [-0.05, 0) is 25.7 Å². The van der Waals surface area contributed by atoms with Gasteiger partial charge >= 0.3 is 0 Å². The van der Waals surface area contributed by atoms with Crippen molar-refractivity contribution in [3.8, 4) is 0 Å². The molecule has 0 aromatic heterocycles. The smallest absolute Gasteiger partial charge is 0.222 e. The quantitative estimate of drug-likeness (QED) is 0.680. The molecular formula is C12H22N2O3. The fourth-order valence-corrected chi connectivity index (χ4v) is 2.11. The first-order valence-corrected chi connectivity index (χ1v) is 6.29. The maximum Gasteiger partial charge on any atom is 0.222 e. The van der Waals surface area contributed by atoms with E-state index in [-0.39, 0.29) is 24.5 Å². The number of nitrogens with zero attached hydrogens (tertiary/aromatic N) is 1. The maximum absolute atomic E-state index is 11.8. The minimum atomic E-state index is -0.00211. The molecule has 1 aliphatic heterocycles. The van der Waals surface area contributed by atoms with Crippen molar-refractivity contribution in [2.75, 3.05) is 19.7 Å². The van der Waals surface area contributed by atoms with Crippen molar-refractivity contribution in [2.45, 2.75) is 45.1 Å². The average Bonchev–Trinajstić information content (AvgIpc) is 2.29. The number of aliphatic hydroxyl groups excluding tert-OH is 1. The van der Waals surface area contributed by atoms with Crippen LogP contribution in [0.4, 0.5) is 0 Å².